The van der Waals surface area contributed by atoms with Crippen molar-refractivity contribution in [3.05, 3.63) is 124 Å². The molecule has 1 aromatic heterocycles. The molecule has 168 valence electrons. The molecular weight excluding hydrogens is 555 g/mol. The van der Waals surface area contributed by atoms with E-state index in [4.69, 9.17) is 9.73 Å². The number of aryl methyl sites for hydroxylation is 1. The Bertz CT molecular complexity index is 1650. The standard InChI is InChI=1S/C28H21IN2O2S/c1-33-23-12-5-4-11-21(23)26-22-14-13-18-8-2-3-10-20(18)25(22)30-28-31(26)27(32)24(34-28)16-17-7-6-9-19(29)15-17/h2-12,15-16,26H,13-14H2,1H3/b24-16-/t26-/m1/s1. The molecule has 2 heterocycles. The average molecular weight is 576 g/mol. The first-order valence-corrected chi connectivity index (χ1v) is 13.0. The maximum atomic E-state index is 13.8. The van der Waals surface area contributed by atoms with E-state index in [1.165, 1.54) is 28.0 Å². The van der Waals surface area contributed by atoms with Gasteiger partial charge in [-0.15, -0.1) is 0 Å². The minimum absolute atomic E-state index is 0.0103. The molecule has 1 atom stereocenters. The average Bonchev–Trinajstić information content (AvgIpc) is 3.17. The number of rotatable bonds is 3. The second-order valence-corrected chi connectivity index (χ2v) is 10.7. The summed E-state index contributed by atoms with van der Waals surface area (Å²) < 4.78 is 9.44. The molecule has 1 aliphatic heterocycles. The van der Waals surface area contributed by atoms with E-state index in [0.717, 1.165) is 43.8 Å². The van der Waals surface area contributed by atoms with Crippen LogP contribution >= 0.6 is 33.9 Å². The fourth-order valence-electron chi connectivity index (χ4n) is 4.94. The lowest BCUT2D eigenvalue weighted by Gasteiger charge is -2.31. The van der Waals surface area contributed by atoms with Crippen LogP contribution in [0.25, 0.3) is 11.8 Å². The Kier molecular flexibility index (Phi) is 5.50. The van der Waals surface area contributed by atoms with Crippen LogP contribution in [0.3, 0.4) is 0 Å². The van der Waals surface area contributed by atoms with E-state index in [1.807, 2.05) is 47.0 Å². The summed E-state index contributed by atoms with van der Waals surface area (Å²) in [6.07, 6.45) is 3.77. The van der Waals surface area contributed by atoms with Crippen molar-refractivity contribution in [3.8, 4) is 5.75 Å². The van der Waals surface area contributed by atoms with E-state index >= 15 is 0 Å². The zero-order valence-corrected chi connectivity index (χ0v) is 21.5. The maximum Gasteiger partial charge on any atom is 0.271 e. The first-order chi connectivity index (χ1) is 16.6. The minimum atomic E-state index is -0.242. The first-order valence-electron chi connectivity index (χ1n) is 11.2. The SMILES string of the molecule is COc1ccccc1[C@@H]1C2=C(N=c3s/c(=C\c4cccc(I)c4)c(=O)n31)c1ccccc1CC2. The van der Waals surface area contributed by atoms with Crippen molar-refractivity contribution in [1.82, 2.24) is 4.57 Å². The highest BCUT2D eigenvalue weighted by atomic mass is 127. The fraction of sp³-hybridized carbons (Fsp3) is 0.143. The normalized spacial score (nSPS) is 17.0. The number of halogens is 1. The summed E-state index contributed by atoms with van der Waals surface area (Å²) in [5.41, 5.74) is 6.65. The Morgan fingerprint density at radius 3 is 2.74 bits per heavy atom. The number of hydrogen-bond donors (Lipinski definition) is 0. The summed E-state index contributed by atoms with van der Waals surface area (Å²) in [4.78, 5) is 19.6. The van der Waals surface area contributed by atoms with Gasteiger partial charge in [0.15, 0.2) is 4.80 Å². The molecule has 4 aromatic rings. The minimum Gasteiger partial charge on any atom is -0.496 e. The molecule has 0 fully saturated rings. The molecule has 0 spiro atoms. The van der Waals surface area contributed by atoms with Crippen LogP contribution in [0.15, 0.2) is 88.2 Å². The van der Waals surface area contributed by atoms with Crippen molar-refractivity contribution in [2.45, 2.75) is 18.9 Å². The molecular formula is C28H21IN2O2S. The van der Waals surface area contributed by atoms with Crippen molar-refractivity contribution in [3.63, 3.8) is 0 Å². The van der Waals surface area contributed by atoms with Crippen LogP contribution in [-0.4, -0.2) is 11.7 Å². The number of ether oxygens (including phenoxy) is 1. The van der Waals surface area contributed by atoms with Crippen molar-refractivity contribution in [1.29, 1.82) is 0 Å². The lowest BCUT2D eigenvalue weighted by Crippen LogP contribution is -2.39. The van der Waals surface area contributed by atoms with Crippen molar-refractivity contribution in [2.24, 2.45) is 4.99 Å². The van der Waals surface area contributed by atoms with Crippen LogP contribution in [0.4, 0.5) is 0 Å². The van der Waals surface area contributed by atoms with Gasteiger partial charge in [-0.05, 0) is 76.4 Å². The van der Waals surface area contributed by atoms with Crippen LogP contribution in [0, 0.1) is 3.57 Å². The highest BCUT2D eigenvalue weighted by molar-refractivity contribution is 14.1. The Balaban J connectivity index is 1.65. The molecule has 0 bridgehead atoms. The summed E-state index contributed by atoms with van der Waals surface area (Å²) in [5.74, 6) is 0.785. The number of allylic oxidation sites excluding steroid dienone is 1. The number of aromatic nitrogens is 1. The lowest BCUT2D eigenvalue weighted by molar-refractivity contribution is 0.402. The predicted molar refractivity (Wildman–Crippen MR) is 145 cm³/mol. The third-order valence-electron chi connectivity index (χ3n) is 6.45. The van der Waals surface area contributed by atoms with E-state index in [9.17, 15) is 4.79 Å². The van der Waals surface area contributed by atoms with Gasteiger partial charge in [-0.25, -0.2) is 4.99 Å². The number of methoxy groups -OCH3 is 1. The second kappa shape index (κ2) is 8.67. The van der Waals surface area contributed by atoms with Gasteiger partial charge in [-0.2, -0.15) is 0 Å². The first kappa shape index (κ1) is 21.6. The molecule has 0 saturated heterocycles. The van der Waals surface area contributed by atoms with E-state index in [1.54, 1.807) is 7.11 Å². The van der Waals surface area contributed by atoms with Gasteiger partial charge in [0.25, 0.3) is 5.56 Å². The number of benzene rings is 3. The Morgan fingerprint density at radius 1 is 1.06 bits per heavy atom. The number of nitrogens with zero attached hydrogens (tertiary/aromatic N) is 2. The zero-order chi connectivity index (χ0) is 23.2. The molecule has 1 aliphatic carbocycles. The summed E-state index contributed by atoms with van der Waals surface area (Å²) in [7, 11) is 1.69. The van der Waals surface area contributed by atoms with E-state index in [2.05, 4.69) is 59.0 Å². The topological polar surface area (TPSA) is 43.6 Å². The van der Waals surface area contributed by atoms with Gasteiger partial charge in [-0.3, -0.25) is 9.36 Å². The van der Waals surface area contributed by atoms with E-state index in [0.29, 0.717) is 4.53 Å². The van der Waals surface area contributed by atoms with Crippen LogP contribution in [0.5, 0.6) is 5.75 Å². The molecule has 0 saturated carbocycles. The van der Waals surface area contributed by atoms with Crippen LogP contribution in [0.2, 0.25) is 0 Å². The van der Waals surface area contributed by atoms with Crippen LogP contribution in [0.1, 0.15) is 34.7 Å². The van der Waals surface area contributed by atoms with Crippen molar-refractivity contribution in [2.75, 3.05) is 7.11 Å². The fourth-order valence-corrected chi connectivity index (χ4v) is 6.51. The quantitative estimate of drug-likeness (QED) is 0.325. The highest BCUT2D eigenvalue weighted by Gasteiger charge is 2.33. The molecule has 0 unspecified atom stereocenters. The van der Waals surface area contributed by atoms with Crippen LogP contribution in [-0.2, 0) is 6.42 Å². The Morgan fingerprint density at radius 2 is 1.88 bits per heavy atom. The third kappa shape index (κ3) is 3.56. The van der Waals surface area contributed by atoms with E-state index in [-0.39, 0.29) is 11.6 Å². The number of fused-ring (bicyclic) bond motifs is 3. The van der Waals surface area contributed by atoms with Gasteiger partial charge in [0.05, 0.1) is 23.4 Å². The summed E-state index contributed by atoms with van der Waals surface area (Å²) >= 11 is 3.75. The molecule has 34 heavy (non-hydrogen) atoms. The molecule has 0 N–H and O–H groups in total. The monoisotopic (exact) mass is 576 g/mol. The van der Waals surface area contributed by atoms with Crippen molar-refractivity contribution < 1.29 is 4.74 Å². The number of para-hydroxylation sites is 1. The van der Waals surface area contributed by atoms with Crippen molar-refractivity contribution >= 4 is 45.7 Å². The van der Waals surface area contributed by atoms with Gasteiger partial charge in [0, 0.05) is 14.7 Å². The zero-order valence-electron chi connectivity index (χ0n) is 18.5. The number of thiazole rings is 1. The second-order valence-electron chi connectivity index (χ2n) is 8.41. The molecule has 6 rings (SSSR count). The Hall–Kier alpha value is -2.97. The summed E-state index contributed by atoms with van der Waals surface area (Å²) in [6.45, 7) is 0. The molecule has 6 heteroatoms. The number of hydrogen-bond acceptors (Lipinski definition) is 4. The predicted octanol–water partition coefficient (Wildman–Crippen LogP) is 4.93. The van der Waals surface area contributed by atoms with Gasteiger partial charge in [0.1, 0.15) is 5.75 Å². The van der Waals surface area contributed by atoms with E-state index < -0.39 is 0 Å². The Labute approximate surface area is 214 Å². The molecule has 0 amide bonds. The maximum absolute atomic E-state index is 13.8. The summed E-state index contributed by atoms with van der Waals surface area (Å²) in [6, 6.07) is 24.4. The molecule has 0 radical (unpaired) electrons. The molecule has 2 aliphatic rings. The molecule has 3 aromatic carbocycles. The van der Waals surface area contributed by atoms with Gasteiger partial charge >= 0.3 is 0 Å². The van der Waals surface area contributed by atoms with Crippen LogP contribution < -0.4 is 19.6 Å². The van der Waals surface area contributed by atoms with Gasteiger partial charge in [-0.1, -0.05) is 65.9 Å². The largest absolute Gasteiger partial charge is 0.496 e. The lowest BCUT2D eigenvalue weighted by atomic mass is 9.83. The summed E-state index contributed by atoms with van der Waals surface area (Å²) in [5, 5.41) is 0. The van der Waals surface area contributed by atoms with Gasteiger partial charge in [0.2, 0.25) is 0 Å². The highest BCUT2D eigenvalue weighted by Crippen LogP contribution is 2.43. The van der Waals surface area contributed by atoms with Gasteiger partial charge < -0.3 is 4.74 Å². The third-order valence-corrected chi connectivity index (χ3v) is 8.11. The molecule has 4 nitrogen and oxygen atoms in total. The smallest absolute Gasteiger partial charge is 0.271 e.